The number of aliphatic hydroxyl groups excluding tert-OH is 2. The van der Waals surface area contributed by atoms with E-state index < -0.39 is 24.3 Å². The number of hydrogen-bond donors (Lipinski definition) is 2. The predicted octanol–water partition coefficient (Wildman–Crippen LogP) is -0.870. The van der Waals surface area contributed by atoms with Crippen LogP contribution in [-0.2, 0) is 9.53 Å². The summed E-state index contributed by atoms with van der Waals surface area (Å²) in [5.74, 6) is -0.465. The van der Waals surface area contributed by atoms with E-state index in [2.05, 4.69) is 0 Å². The first kappa shape index (κ1) is 7.52. The van der Waals surface area contributed by atoms with E-state index in [0.717, 1.165) is 0 Å². The van der Waals surface area contributed by atoms with Crippen molar-refractivity contribution >= 4 is 5.97 Å². The van der Waals surface area contributed by atoms with Crippen LogP contribution in [0.1, 0.15) is 0 Å². The van der Waals surface area contributed by atoms with Crippen molar-refractivity contribution in [3.63, 3.8) is 0 Å². The van der Waals surface area contributed by atoms with Gasteiger partial charge >= 0.3 is 5.97 Å². The Morgan fingerprint density at radius 3 is 2.92 bits per heavy atom. The molecule has 2 aliphatic rings. The molecule has 0 radical (unpaired) electrons. The number of rotatable bonds is 0. The minimum atomic E-state index is -1.03. The molecule has 1 heterocycles. The summed E-state index contributed by atoms with van der Waals surface area (Å²) in [6.07, 6.45) is 1.68. The summed E-state index contributed by atoms with van der Waals surface area (Å²) < 4.78 is 4.76. The zero-order valence-electron chi connectivity index (χ0n) is 6.18. The van der Waals surface area contributed by atoms with Crippen molar-refractivity contribution in [1.29, 1.82) is 0 Å². The van der Waals surface area contributed by atoms with Crippen LogP contribution in [0.15, 0.2) is 23.8 Å². The van der Waals surface area contributed by atoms with Gasteiger partial charge in [0.05, 0.1) is 0 Å². The molecule has 0 saturated heterocycles. The van der Waals surface area contributed by atoms with Crippen LogP contribution < -0.4 is 0 Å². The Morgan fingerprint density at radius 1 is 1.42 bits per heavy atom. The van der Waals surface area contributed by atoms with Crippen molar-refractivity contribution in [3.8, 4) is 0 Å². The Labute approximate surface area is 68.8 Å². The number of aliphatic hydroxyl groups is 2. The van der Waals surface area contributed by atoms with Crippen molar-refractivity contribution < 1.29 is 19.7 Å². The van der Waals surface area contributed by atoms with Crippen LogP contribution in [-0.4, -0.2) is 34.5 Å². The molecule has 0 aromatic carbocycles. The van der Waals surface area contributed by atoms with Crippen LogP contribution in [0.3, 0.4) is 0 Å². The Bertz CT molecular complexity index is 279. The number of carbonyl (C=O) groups is 1. The molecule has 12 heavy (non-hydrogen) atoms. The van der Waals surface area contributed by atoms with Gasteiger partial charge in [0, 0.05) is 11.6 Å². The lowest BCUT2D eigenvalue weighted by Crippen LogP contribution is -2.39. The highest BCUT2D eigenvalue weighted by Crippen LogP contribution is 2.26. The third kappa shape index (κ3) is 0.964. The predicted molar refractivity (Wildman–Crippen MR) is 39.1 cm³/mol. The van der Waals surface area contributed by atoms with Gasteiger partial charge in [0.1, 0.15) is 12.2 Å². The van der Waals surface area contributed by atoms with Crippen LogP contribution in [0.2, 0.25) is 0 Å². The van der Waals surface area contributed by atoms with Gasteiger partial charge in [-0.2, -0.15) is 0 Å². The maximum atomic E-state index is 10.7. The quantitative estimate of drug-likeness (QED) is 0.461. The molecule has 0 bridgehead atoms. The van der Waals surface area contributed by atoms with E-state index >= 15 is 0 Å². The third-order valence-electron chi connectivity index (χ3n) is 2.00. The minimum absolute atomic E-state index is 0.465. The molecule has 0 spiro atoms. The van der Waals surface area contributed by atoms with Crippen LogP contribution in [0.25, 0.3) is 0 Å². The summed E-state index contributed by atoms with van der Waals surface area (Å²) in [5, 5.41) is 18.5. The van der Waals surface area contributed by atoms with E-state index in [1.807, 2.05) is 0 Å². The summed E-state index contributed by atoms with van der Waals surface area (Å²) in [7, 11) is 0. The Balaban J connectivity index is 2.32. The molecule has 4 nitrogen and oxygen atoms in total. The van der Waals surface area contributed by atoms with Crippen LogP contribution in [0, 0.1) is 0 Å². The normalized spacial score (nSPS) is 39.0. The van der Waals surface area contributed by atoms with E-state index in [9.17, 15) is 9.90 Å². The summed E-state index contributed by atoms with van der Waals surface area (Å²) >= 11 is 0. The largest absolute Gasteiger partial charge is 0.451 e. The van der Waals surface area contributed by atoms with Crippen LogP contribution in [0.5, 0.6) is 0 Å². The van der Waals surface area contributed by atoms with Gasteiger partial charge in [-0.1, -0.05) is 12.2 Å². The summed E-state index contributed by atoms with van der Waals surface area (Å²) in [5.41, 5.74) is 0.623. The highest BCUT2D eigenvalue weighted by Gasteiger charge is 2.37. The second kappa shape index (κ2) is 2.43. The molecular formula is C8H8O4. The fraction of sp³-hybridized carbons (Fsp3) is 0.375. The topological polar surface area (TPSA) is 66.8 Å². The molecule has 0 aromatic rings. The lowest BCUT2D eigenvalue weighted by Gasteiger charge is -2.25. The zero-order valence-corrected chi connectivity index (χ0v) is 6.18. The van der Waals surface area contributed by atoms with Crippen LogP contribution in [0.4, 0.5) is 0 Å². The first-order chi connectivity index (χ1) is 5.68. The summed E-state index contributed by atoms with van der Waals surface area (Å²) in [6, 6.07) is 0. The standard InChI is InChI=1S/C8H8O4/c9-5-2-1-4-3-6(10)12-8(4)7(5)11/h1-3,5,7-9,11H/t5-,7-,8-/m0/s1. The van der Waals surface area contributed by atoms with E-state index in [0.29, 0.717) is 5.57 Å². The first-order valence-corrected chi connectivity index (χ1v) is 3.65. The van der Waals surface area contributed by atoms with Crippen molar-refractivity contribution in [3.05, 3.63) is 23.8 Å². The molecule has 0 unspecified atom stereocenters. The molecule has 0 fully saturated rings. The van der Waals surface area contributed by atoms with Crippen molar-refractivity contribution in [2.75, 3.05) is 0 Å². The molecule has 0 saturated carbocycles. The lowest BCUT2D eigenvalue weighted by molar-refractivity contribution is -0.145. The summed E-state index contributed by atoms with van der Waals surface area (Å²) in [4.78, 5) is 10.7. The first-order valence-electron chi connectivity index (χ1n) is 3.65. The highest BCUT2D eigenvalue weighted by atomic mass is 16.6. The van der Waals surface area contributed by atoms with E-state index in [4.69, 9.17) is 9.84 Å². The average Bonchev–Trinajstić information content (AvgIpc) is 2.39. The number of fused-ring (bicyclic) bond motifs is 1. The molecule has 1 aliphatic carbocycles. The molecular weight excluding hydrogens is 160 g/mol. The number of esters is 1. The minimum Gasteiger partial charge on any atom is -0.451 e. The number of carbonyl (C=O) groups excluding carboxylic acids is 1. The van der Waals surface area contributed by atoms with Gasteiger partial charge in [-0.15, -0.1) is 0 Å². The van der Waals surface area contributed by atoms with Crippen LogP contribution >= 0.6 is 0 Å². The third-order valence-corrected chi connectivity index (χ3v) is 2.00. The SMILES string of the molecule is O=C1C=C2C=C[C@H](O)[C@H](O)[C@H]2O1. The zero-order chi connectivity index (χ0) is 8.72. The molecule has 64 valence electrons. The average molecular weight is 168 g/mol. The smallest absolute Gasteiger partial charge is 0.331 e. The maximum Gasteiger partial charge on any atom is 0.331 e. The Morgan fingerprint density at radius 2 is 2.17 bits per heavy atom. The van der Waals surface area contributed by atoms with Gasteiger partial charge in [-0.3, -0.25) is 0 Å². The van der Waals surface area contributed by atoms with Gasteiger partial charge < -0.3 is 14.9 Å². The highest BCUT2D eigenvalue weighted by molar-refractivity contribution is 5.87. The molecule has 0 aromatic heterocycles. The Hall–Kier alpha value is -1.13. The molecule has 1 aliphatic heterocycles. The molecule has 2 N–H and O–H groups in total. The number of ether oxygens (including phenoxy) is 1. The van der Waals surface area contributed by atoms with Gasteiger partial charge in [0.15, 0.2) is 6.10 Å². The Kier molecular flexibility index (Phi) is 1.52. The monoisotopic (exact) mass is 168 g/mol. The fourth-order valence-electron chi connectivity index (χ4n) is 1.36. The second-order valence-electron chi connectivity index (χ2n) is 2.84. The van der Waals surface area contributed by atoms with Crippen molar-refractivity contribution in [1.82, 2.24) is 0 Å². The van der Waals surface area contributed by atoms with E-state index in [1.165, 1.54) is 12.2 Å². The number of hydrogen-bond acceptors (Lipinski definition) is 4. The van der Waals surface area contributed by atoms with Crippen molar-refractivity contribution in [2.24, 2.45) is 0 Å². The maximum absolute atomic E-state index is 10.7. The molecule has 4 heteroatoms. The molecule has 3 atom stereocenters. The van der Waals surface area contributed by atoms with Gasteiger partial charge in [-0.05, 0) is 0 Å². The van der Waals surface area contributed by atoms with Gasteiger partial charge in [0.2, 0.25) is 0 Å². The van der Waals surface area contributed by atoms with Crippen molar-refractivity contribution in [2.45, 2.75) is 18.3 Å². The summed E-state index contributed by atoms with van der Waals surface area (Å²) in [6.45, 7) is 0. The molecule has 2 rings (SSSR count). The lowest BCUT2D eigenvalue weighted by atomic mass is 9.95. The van der Waals surface area contributed by atoms with E-state index in [1.54, 1.807) is 6.08 Å². The van der Waals surface area contributed by atoms with Gasteiger partial charge in [-0.25, -0.2) is 4.79 Å². The second-order valence-corrected chi connectivity index (χ2v) is 2.84. The van der Waals surface area contributed by atoms with E-state index in [-0.39, 0.29) is 0 Å². The fourth-order valence-corrected chi connectivity index (χ4v) is 1.36. The van der Waals surface area contributed by atoms with Gasteiger partial charge in [0.25, 0.3) is 0 Å². The molecule has 0 amide bonds.